The molecule has 1 aromatic heterocycles. The van der Waals surface area contributed by atoms with Crippen molar-refractivity contribution in [2.45, 2.75) is 19.9 Å². The highest BCUT2D eigenvalue weighted by molar-refractivity contribution is 6.30. The standard InChI is InChI=1S/C26H31ClN4O4/c1-5-22-21(16-28-31(22)20-8-6-7-19(27)15-20)26(32)30-13-11-29(12-14-30)17-18-9-10-23(33-2)25(35-4)24(18)34-3/h6-10,15-16H,5,11-14,17H2,1-4H3. The fourth-order valence-electron chi connectivity index (χ4n) is 4.53. The number of amides is 1. The fourth-order valence-corrected chi connectivity index (χ4v) is 4.72. The minimum absolute atomic E-state index is 0.0125. The zero-order chi connectivity index (χ0) is 24.9. The van der Waals surface area contributed by atoms with Crippen LogP contribution in [0.2, 0.25) is 5.02 Å². The molecule has 2 aromatic carbocycles. The van der Waals surface area contributed by atoms with E-state index in [-0.39, 0.29) is 5.91 Å². The number of hydrogen-bond acceptors (Lipinski definition) is 6. The molecule has 0 atom stereocenters. The van der Waals surface area contributed by atoms with E-state index in [4.69, 9.17) is 25.8 Å². The van der Waals surface area contributed by atoms with Crippen LogP contribution in [0.1, 0.15) is 28.5 Å². The number of benzene rings is 2. The lowest BCUT2D eigenvalue weighted by molar-refractivity contribution is 0.0626. The van der Waals surface area contributed by atoms with E-state index in [1.165, 1.54) is 0 Å². The Bertz CT molecular complexity index is 1190. The minimum atomic E-state index is 0.0125. The highest BCUT2D eigenvalue weighted by Crippen LogP contribution is 2.40. The maximum absolute atomic E-state index is 13.4. The summed E-state index contributed by atoms with van der Waals surface area (Å²) in [4.78, 5) is 17.6. The Morgan fingerprint density at radius 1 is 1.00 bits per heavy atom. The second-order valence-electron chi connectivity index (χ2n) is 8.31. The molecule has 2 heterocycles. The monoisotopic (exact) mass is 498 g/mol. The van der Waals surface area contributed by atoms with E-state index in [0.29, 0.717) is 53.9 Å². The van der Waals surface area contributed by atoms with Gasteiger partial charge in [0.25, 0.3) is 5.91 Å². The summed E-state index contributed by atoms with van der Waals surface area (Å²) in [5, 5.41) is 5.13. The molecule has 35 heavy (non-hydrogen) atoms. The van der Waals surface area contributed by atoms with Crippen LogP contribution in [-0.4, -0.2) is 73.0 Å². The van der Waals surface area contributed by atoms with E-state index >= 15 is 0 Å². The predicted molar refractivity (Wildman–Crippen MR) is 135 cm³/mol. The molecule has 0 unspecified atom stereocenters. The van der Waals surface area contributed by atoms with Crippen LogP contribution in [0.3, 0.4) is 0 Å². The molecule has 8 nitrogen and oxygen atoms in total. The van der Waals surface area contributed by atoms with Crippen molar-refractivity contribution in [1.29, 1.82) is 0 Å². The third-order valence-electron chi connectivity index (χ3n) is 6.33. The van der Waals surface area contributed by atoms with Crippen LogP contribution in [0.5, 0.6) is 17.2 Å². The van der Waals surface area contributed by atoms with Crippen molar-refractivity contribution < 1.29 is 19.0 Å². The third-order valence-corrected chi connectivity index (χ3v) is 6.56. The van der Waals surface area contributed by atoms with Gasteiger partial charge in [-0.1, -0.05) is 30.7 Å². The number of carbonyl (C=O) groups excluding carboxylic acids is 1. The quantitative estimate of drug-likeness (QED) is 0.466. The first-order chi connectivity index (χ1) is 17.0. The maximum Gasteiger partial charge on any atom is 0.257 e. The van der Waals surface area contributed by atoms with E-state index in [2.05, 4.69) is 10.00 Å². The second kappa shape index (κ2) is 11.0. The van der Waals surface area contributed by atoms with Crippen molar-refractivity contribution >= 4 is 17.5 Å². The third kappa shape index (κ3) is 5.09. The zero-order valence-electron chi connectivity index (χ0n) is 20.6. The Labute approximate surface area is 210 Å². The predicted octanol–water partition coefficient (Wildman–Crippen LogP) is 4.07. The largest absolute Gasteiger partial charge is 0.493 e. The van der Waals surface area contributed by atoms with Gasteiger partial charge in [-0.3, -0.25) is 9.69 Å². The normalized spacial score (nSPS) is 14.1. The molecule has 1 saturated heterocycles. The molecule has 3 aromatic rings. The van der Waals surface area contributed by atoms with Gasteiger partial charge in [-0.05, 0) is 30.7 Å². The number of aromatic nitrogens is 2. The number of halogens is 1. The highest BCUT2D eigenvalue weighted by Gasteiger charge is 2.27. The number of ether oxygens (including phenoxy) is 3. The summed E-state index contributed by atoms with van der Waals surface area (Å²) in [5.74, 6) is 1.91. The number of hydrogen-bond donors (Lipinski definition) is 0. The molecule has 0 bridgehead atoms. The maximum atomic E-state index is 13.4. The summed E-state index contributed by atoms with van der Waals surface area (Å²) in [7, 11) is 4.84. The van der Waals surface area contributed by atoms with Crippen LogP contribution in [-0.2, 0) is 13.0 Å². The molecule has 0 N–H and O–H groups in total. The van der Waals surface area contributed by atoms with Gasteiger partial charge in [0, 0.05) is 43.3 Å². The number of methoxy groups -OCH3 is 3. The molecular formula is C26H31ClN4O4. The molecular weight excluding hydrogens is 468 g/mol. The SMILES string of the molecule is CCc1c(C(=O)N2CCN(Cc3ccc(OC)c(OC)c3OC)CC2)cnn1-c1cccc(Cl)c1. The van der Waals surface area contributed by atoms with Crippen LogP contribution in [0.4, 0.5) is 0 Å². The van der Waals surface area contributed by atoms with Crippen molar-refractivity contribution in [1.82, 2.24) is 19.6 Å². The number of rotatable bonds is 8. The van der Waals surface area contributed by atoms with E-state index in [1.54, 1.807) is 32.2 Å². The summed E-state index contributed by atoms with van der Waals surface area (Å²) >= 11 is 6.16. The molecule has 9 heteroatoms. The second-order valence-corrected chi connectivity index (χ2v) is 8.75. The van der Waals surface area contributed by atoms with Crippen molar-refractivity contribution in [2.24, 2.45) is 0 Å². The first-order valence-corrected chi connectivity index (χ1v) is 12.0. The minimum Gasteiger partial charge on any atom is -0.493 e. The van der Waals surface area contributed by atoms with Gasteiger partial charge in [0.2, 0.25) is 5.75 Å². The summed E-state index contributed by atoms with van der Waals surface area (Å²) in [6.07, 6.45) is 2.36. The Hall–Kier alpha value is -3.23. The summed E-state index contributed by atoms with van der Waals surface area (Å²) in [6, 6.07) is 11.4. The van der Waals surface area contributed by atoms with Crippen molar-refractivity contribution in [3.05, 3.63) is 64.4 Å². The topological polar surface area (TPSA) is 69.1 Å². The molecule has 4 rings (SSSR count). The molecule has 0 spiro atoms. The molecule has 1 aliphatic heterocycles. The fraction of sp³-hybridized carbons (Fsp3) is 0.385. The molecule has 0 radical (unpaired) electrons. The van der Waals surface area contributed by atoms with Crippen LogP contribution in [0.25, 0.3) is 5.69 Å². The average molecular weight is 499 g/mol. The van der Waals surface area contributed by atoms with Crippen LogP contribution in [0.15, 0.2) is 42.6 Å². The van der Waals surface area contributed by atoms with Gasteiger partial charge < -0.3 is 19.1 Å². The Kier molecular flexibility index (Phi) is 7.83. The molecule has 186 valence electrons. The molecule has 1 fully saturated rings. The lowest BCUT2D eigenvalue weighted by Gasteiger charge is -2.35. The Morgan fingerprint density at radius 3 is 2.37 bits per heavy atom. The molecule has 1 aliphatic rings. The smallest absolute Gasteiger partial charge is 0.257 e. The van der Waals surface area contributed by atoms with Gasteiger partial charge in [-0.25, -0.2) is 4.68 Å². The van der Waals surface area contributed by atoms with E-state index in [9.17, 15) is 4.79 Å². The van der Waals surface area contributed by atoms with Gasteiger partial charge >= 0.3 is 0 Å². The average Bonchev–Trinajstić information content (AvgIpc) is 3.32. The van der Waals surface area contributed by atoms with E-state index in [1.807, 2.05) is 48.2 Å². The van der Waals surface area contributed by atoms with Crippen molar-refractivity contribution in [2.75, 3.05) is 47.5 Å². The lowest BCUT2D eigenvalue weighted by Crippen LogP contribution is -2.48. The van der Waals surface area contributed by atoms with Gasteiger partial charge in [0.15, 0.2) is 11.5 Å². The number of carbonyl (C=O) groups is 1. The van der Waals surface area contributed by atoms with Gasteiger partial charge in [0.05, 0.1) is 44.5 Å². The van der Waals surface area contributed by atoms with Crippen molar-refractivity contribution in [3.8, 4) is 22.9 Å². The summed E-state index contributed by atoms with van der Waals surface area (Å²) < 4.78 is 18.3. The lowest BCUT2D eigenvalue weighted by atomic mass is 10.1. The first-order valence-electron chi connectivity index (χ1n) is 11.6. The van der Waals surface area contributed by atoms with Gasteiger partial charge in [-0.15, -0.1) is 0 Å². The highest BCUT2D eigenvalue weighted by atomic mass is 35.5. The van der Waals surface area contributed by atoms with Gasteiger partial charge in [-0.2, -0.15) is 5.10 Å². The Balaban J connectivity index is 1.45. The summed E-state index contributed by atoms with van der Waals surface area (Å²) in [6.45, 7) is 5.52. The molecule has 0 aliphatic carbocycles. The van der Waals surface area contributed by atoms with E-state index in [0.717, 1.165) is 30.0 Å². The van der Waals surface area contributed by atoms with E-state index < -0.39 is 0 Å². The summed E-state index contributed by atoms with van der Waals surface area (Å²) in [5.41, 5.74) is 3.39. The van der Waals surface area contributed by atoms with Crippen molar-refractivity contribution in [3.63, 3.8) is 0 Å². The first kappa shape index (κ1) is 24.9. The van der Waals surface area contributed by atoms with Gasteiger partial charge in [0.1, 0.15) is 0 Å². The van der Waals surface area contributed by atoms with Crippen LogP contribution in [0, 0.1) is 0 Å². The molecule has 0 saturated carbocycles. The molecule has 1 amide bonds. The number of nitrogens with zero attached hydrogens (tertiary/aromatic N) is 4. The Morgan fingerprint density at radius 2 is 1.74 bits per heavy atom. The van der Waals surface area contributed by atoms with Crippen LogP contribution < -0.4 is 14.2 Å². The zero-order valence-corrected chi connectivity index (χ0v) is 21.3. The number of piperazine rings is 1. The van der Waals surface area contributed by atoms with Crippen LogP contribution >= 0.6 is 11.6 Å².